The van der Waals surface area contributed by atoms with Crippen molar-refractivity contribution in [2.45, 2.75) is 6.61 Å². The molecule has 0 spiro atoms. The van der Waals surface area contributed by atoms with E-state index in [1.165, 1.54) is 12.3 Å². The summed E-state index contributed by atoms with van der Waals surface area (Å²) in [6.45, 7) is 0.123. The van der Waals surface area contributed by atoms with Crippen molar-refractivity contribution in [3.8, 4) is 23.1 Å². The van der Waals surface area contributed by atoms with Gasteiger partial charge in [-0.3, -0.25) is 14.9 Å². The van der Waals surface area contributed by atoms with Crippen LogP contribution in [0.4, 0.5) is 5.69 Å². The van der Waals surface area contributed by atoms with Gasteiger partial charge in [0.05, 0.1) is 39.0 Å². The van der Waals surface area contributed by atoms with Crippen LogP contribution in [0.25, 0.3) is 44.2 Å². The van der Waals surface area contributed by atoms with Crippen LogP contribution in [0.2, 0.25) is 0 Å². The highest BCUT2D eigenvalue weighted by molar-refractivity contribution is 9.10. The van der Waals surface area contributed by atoms with E-state index < -0.39 is 10.5 Å². The normalized spacial score (nSPS) is 11.5. The fraction of sp³-hybridized carbons (Fsp3) is 0.0571. The molecule has 226 valence electrons. The Hall–Kier alpha value is -5.81. The molecule has 2 aromatic heterocycles. The minimum atomic E-state index is -0.516. The molecule has 0 amide bonds. The van der Waals surface area contributed by atoms with Gasteiger partial charge < -0.3 is 13.9 Å². The van der Waals surface area contributed by atoms with Crippen molar-refractivity contribution >= 4 is 60.5 Å². The average molecular weight is 675 g/mol. The molecule has 0 saturated carbocycles. The Morgan fingerprint density at radius 2 is 1.72 bits per heavy atom. The quantitative estimate of drug-likeness (QED) is 0.0906. The van der Waals surface area contributed by atoms with Crippen LogP contribution in [0.3, 0.4) is 0 Å². The Balaban J connectivity index is 1.29. The number of nitro groups is 1. The first kappa shape index (κ1) is 28.9. The zero-order valence-electron chi connectivity index (χ0n) is 24.2. The summed E-state index contributed by atoms with van der Waals surface area (Å²) in [5.41, 5.74) is 1.56. The van der Waals surface area contributed by atoms with E-state index in [1.807, 2.05) is 42.5 Å². The van der Waals surface area contributed by atoms with Gasteiger partial charge in [-0.2, -0.15) is 9.78 Å². The van der Waals surface area contributed by atoms with Gasteiger partial charge in [0.15, 0.2) is 5.76 Å². The van der Waals surface area contributed by atoms with Crippen LogP contribution in [0.15, 0.2) is 122 Å². The molecule has 11 heteroatoms. The number of rotatable bonds is 8. The molecule has 5 aromatic carbocycles. The number of methoxy groups -OCH3 is 1. The predicted octanol–water partition coefficient (Wildman–Crippen LogP) is 8.10. The third-order valence-corrected chi connectivity index (χ3v) is 8.12. The number of hydrogen-bond acceptors (Lipinski definition) is 8. The number of halogens is 1. The van der Waals surface area contributed by atoms with E-state index >= 15 is 0 Å². The number of ether oxygens (including phenoxy) is 2. The summed E-state index contributed by atoms with van der Waals surface area (Å²) >= 11 is 3.45. The second-order valence-corrected chi connectivity index (χ2v) is 11.2. The van der Waals surface area contributed by atoms with Crippen LogP contribution < -0.4 is 15.0 Å². The molecule has 7 aromatic rings. The Bertz CT molecular complexity index is 2390. The molecule has 0 aliphatic heterocycles. The van der Waals surface area contributed by atoms with E-state index in [9.17, 15) is 14.9 Å². The molecule has 0 fully saturated rings. The average Bonchev–Trinajstić information content (AvgIpc) is 3.52. The fourth-order valence-electron chi connectivity index (χ4n) is 5.36. The molecule has 0 saturated heterocycles. The second-order valence-electron chi connectivity index (χ2n) is 10.3. The summed E-state index contributed by atoms with van der Waals surface area (Å²) in [4.78, 5) is 30.1. The Kier molecular flexibility index (Phi) is 7.51. The summed E-state index contributed by atoms with van der Waals surface area (Å²) in [6, 6.07) is 30.7. The second kappa shape index (κ2) is 11.9. The summed E-state index contributed by atoms with van der Waals surface area (Å²) < 4.78 is 19.0. The number of para-hydroxylation sites is 1. The number of aromatic nitrogens is 2. The van der Waals surface area contributed by atoms with Gasteiger partial charge in [0, 0.05) is 11.6 Å². The standard InChI is InChI=1S/C35H23BrN4O6/c1-44-30-14-7-15-31-26(30)18-32(46-31)34-38-28-13-5-4-12-25(28)35(41)39(34)37-19-21-16-27(36)33(29(17-21)40(42)43)45-20-23-10-6-9-22-8-2-3-11-24(22)23/h2-19H,20H2,1H3. The molecule has 0 aliphatic carbocycles. The van der Waals surface area contributed by atoms with E-state index in [0.29, 0.717) is 43.4 Å². The van der Waals surface area contributed by atoms with E-state index in [2.05, 4.69) is 21.0 Å². The highest BCUT2D eigenvalue weighted by Crippen LogP contribution is 2.37. The van der Waals surface area contributed by atoms with Crippen molar-refractivity contribution in [3.05, 3.63) is 139 Å². The third kappa shape index (κ3) is 5.26. The van der Waals surface area contributed by atoms with E-state index in [-0.39, 0.29) is 23.9 Å². The van der Waals surface area contributed by atoms with Gasteiger partial charge in [0.2, 0.25) is 11.6 Å². The van der Waals surface area contributed by atoms with Gasteiger partial charge in [-0.05, 0) is 68.7 Å². The van der Waals surface area contributed by atoms with Crippen LogP contribution in [-0.2, 0) is 6.61 Å². The molecule has 0 unspecified atom stereocenters. The summed E-state index contributed by atoms with van der Waals surface area (Å²) in [6.07, 6.45) is 1.36. The Labute approximate surface area is 269 Å². The van der Waals surface area contributed by atoms with Crippen LogP contribution in [0.1, 0.15) is 11.1 Å². The number of fused-ring (bicyclic) bond motifs is 3. The van der Waals surface area contributed by atoms with E-state index in [1.54, 1.807) is 61.7 Å². The topological polar surface area (TPSA) is 122 Å². The SMILES string of the molecule is COc1cccc2oc(-c3nc4ccccc4c(=O)n3N=Cc3cc(Br)c(OCc4cccc5ccccc45)c([N+](=O)[O-])c3)cc12. The van der Waals surface area contributed by atoms with Gasteiger partial charge in [0.25, 0.3) is 5.56 Å². The van der Waals surface area contributed by atoms with Gasteiger partial charge in [0.1, 0.15) is 17.9 Å². The van der Waals surface area contributed by atoms with Crippen molar-refractivity contribution in [2.24, 2.45) is 5.10 Å². The first-order valence-corrected chi connectivity index (χ1v) is 14.9. The van der Waals surface area contributed by atoms with Crippen molar-refractivity contribution in [1.29, 1.82) is 0 Å². The fourth-order valence-corrected chi connectivity index (χ4v) is 5.94. The Morgan fingerprint density at radius 3 is 2.54 bits per heavy atom. The number of nitrogens with zero attached hydrogens (tertiary/aromatic N) is 4. The number of hydrogen-bond donors (Lipinski definition) is 0. The van der Waals surface area contributed by atoms with Crippen LogP contribution in [-0.4, -0.2) is 27.9 Å². The van der Waals surface area contributed by atoms with Crippen LogP contribution in [0.5, 0.6) is 11.5 Å². The number of benzene rings is 5. The zero-order chi connectivity index (χ0) is 31.8. The lowest BCUT2D eigenvalue weighted by atomic mass is 10.1. The minimum absolute atomic E-state index is 0.0801. The van der Waals surface area contributed by atoms with E-state index in [4.69, 9.17) is 18.9 Å². The number of nitro benzene ring substituents is 1. The maximum Gasteiger partial charge on any atom is 0.312 e. The van der Waals surface area contributed by atoms with Gasteiger partial charge in [-0.25, -0.2) is 4.98 Å². The smallest absolute Gasteiger partial charge is 0.312 e. The molecular weight excluding hydrogens is 652 g/mol. The first-order chi connectivity index (χ1) is 22.4. The molecule has 0 N–H and O–H groups in total. The monoisotopic (exact) mass is 674 g/mol. The largest absolute Gasteiger partial charge is 0.496 e. The van der Waals surface area contributed by atoms with Gasteiger partial charge in [-0.15, -0.1) is 0 Å². The Morgan fingerprint density at radius 1 is 0.957 bits per heavy atom. The van der Waals surface area contributed by atoms with Crippen LogP contribution in [0, 0.1) is 10.1 Å². The molecule has 0 bridgehead atoms. The molecule has 0 radical (unpaired) electrons. The molecule has 0 aliphatic rings. The highest BCUT2D eigenvalue weighted by Gasteiger charge is 2.22. The molecule has 46 heavy (non-hydrogen) atoms. The van der Waals surface area contributed by atoms with Crippen molar-refractivity contribution in [1.82, 2.24) is 9.66 Å². The maximum atomic E-state index is 13.7. The first-order valence-electron chi connectivity index (χ1n) is 14.1. The van der Waals surface area contributed by atoms with Crippen LogP contribution >= 0.6 is 15.9 Å². The summed E-state index contributed by atoms with van der Waals surface area (Å²) in [5.74, 6) is 1.13. The minimum Gasteiger partial charge on any atom is -0.496 e. The summed E-state index contributed by atoms with van der Waals surface area (Å²) in [7, 11) is 1.56. The predicted molar refractivity (Wildman–Crippen MR) is 180 cm³/mol. The molecule has 0 atom stereocenters. The summed E-state index contributed by atoms with van der Waals surface area (Å²) in [5, 5.41) is 19.7. The molecule has 10 nitrogen and oxygen atoms in total. The molecular formula is C35H23BrN4O6. The molecule has 2 heterocycles. The zero-order valence-corrected chi connectivity index (χ0v) is 25.8. The molecule has 7 rings (SSSR count). The lowest BCUT2D eigenvalue weighted by molar-refractivity contribution is -0.386. The lowest BCUT2D eigenvalue weighted by Gasteiger charge is -2.12. The van der Waals surface area contributed by atoms with E-state index in [0.717, 1.165) is 21.0 Å². The maximum absolute atomic E-state index is 13.7. The van der Waals surface area contributed by atoms with Crippen molar-refractivity contribution < 1.29 is 18.8 Å². The highest BCUT2D eigenvalue weighted by atomic mass is 79.9. The van der Waals surface area contributed by atoms with Gasteiger partial charge in [-0.1, -0.05) is 60.7 Å². The lowest BCUT2D eigenvalue weighted by Crippen LogP contribution is -2.20. The van der Waals surface area contributed by atoms with Crippen molar-refractivity contribution in [3.63, 3.8) is 0 Å². The van der Waals surface area contributed by atoms with Crippen molar-refractivity contribution in [2.75, 3.05) is 7.11 Å². The van der Waals surface area contributed by atoms with Gasteiger partial charge >= 0.3 is 5.69 Å². The third-order valence-electron chi connectivity index (χ3n) is 7.53. The number of furan rings is 1.